The predicted octanol–water partition coefficient (Wildman–Crippen LogP) is 4.51. The van der Waals surface area contributed by atoms with Crippen LogP contribution in [-0.4, -0.2) is 94.6 Å². The molecule has 9 nitrogen and oxygen atoms in total. The number of nitrogens with zero attached hydrogens (tertiary/aromatic N) is 4. The SMILES string of the molecule is COc1ccc(CN2CCN(CCCCN(CC(C)C)S(=O)(=O)c3cccc4cnccc34)CC2)c(OC)c1OC. The number of ether oxygens (including phenoxy) is 3. The predicted molar refractivity (Wildman–Crippen MR) is 162 cm³/mol. The highest BCUT2D eigenvalue weighted by atomic mass is 32.2. The van der Waals surface area contributed by atoms with Crippen LogP contribution in [0.15, 0.2) is 53.7 Å². The van der Waals surface area contributed by atoms with E-state index in [2.05, 4.69) is 28.6 Å². The fourth-order valence-electron chi connectivity index (χ4n) is 5.50. The number of sulfonamides is 1. The van der Waals surface area contributed by atoms with Crippen LogP contribution >= 0.6 is 0 Å². The number of unbranched alkanes of at least 4 members (excludes halogenated alkanes) is 1. The van der Waals surface area contributed by atoms with Gasteiger partial charge in [-0.05, 0) is 43.5 Å². The first-order chi connectivity index (χ1) is 19.8. The van der Waals surface area contributed by atoms with Crippen molar-refractivity contribution in [2.24, 2.45) is 5.92 Å². The lowest BCUT2D eigenvalue weighted by Crippen LogP contribution is -2.46. The van der Waals surface area contributed by atoms with E-state index in [0.717, 1.165) is 74.2 Å². The van der Waals surface area contributed by atoms with Gasteiger partial charge in [-0.1, -0.05) is 32.0 Å². The minimum atomic E-state index is -3.62. The third-order valence-electron chi connectivity index (χ3n) is 7.60. The van der Waals surface area contributed by atoms with E-state index in [0.29, 0.717) is 29.5 Å². The fraction of sp³-hybridized carbons (Fsp3) is 0.516. The fourth-order valence-corrected chi connectivity index (χ4v) is 7.35. The van der Waals surface area contributed by atoms with Crippen LogP contribution in [0.3, 0.4) is 0 Å². The van der Waals surface area contributed by atoms with Crippen LogP contribution < -0.4 is 14.2 Å². The number of methoxy groups -OCH3 is 3. The summed E-state index contributed by atoms with van der Waals surface area (Å²) in [7, 11) is 1.29. The first-order valence-electron chi connectivity index (χ1n) is 14.3. The summed E-state index contributed by atoms with van der Waals surface area (Å²) in [4.78, 5) is 9.41. The van der Waals surface area contributed by atoms with Gasteiger partial charge in [0.1, 0.15) is 0 Å². The smallest absolute Gasteiger partial charge is 0.243 e. The van der Waals surface area contributed by atoms with Gasteiger partial charge in [0.25, 0.3) is 0 Å². The van der Waals surface area contributed by atoms with Gasteiger partial charge in [0.15, 0.2) is 11.5 Å². The van der Waals surface area contributed by atoms with E-state index in [-0.39, 0.29) is 5.92 Å². The number of rotatable bonds is 14. The van der Waals surface area contributed by atoms with Crippen molar-refractivity contribution >= 4 is 20.8 Å². The molecule has 224 valence electrons. The molecule has 0 radical (unpaired) electrons. The van der Waals surface area contributed by atoms with E-state index in [1.165, 1.54) is 0 Å². The van der Waals surface area contributed by atoms with Crippen LogP contribution in [0.2, 0.25) is 0 Å². The molecule has 2 aromatic carbocycles. The van der Waals surface area contributed by atoms with E-state index in [9.17, 15) is 8.42 Å². The Hall–Kier alpha value is -2.92. The summed E-state index contributed by atoms with van der Waals surface area (Å²) >= 11 is 0. The molecule has 1 aromatic heterocycles. The zero-order valence-electron chi connectivity index (χ0n) is 25.0. The highest BCUT2D eigenvalue weighted by molar-refractivity contribution is 7.89. The van der Waals surface area contributed by atoms with Crippen molar-refractivity contribution in [3.8, 4) is 17.2 Å². The largest absolute Gasteiger partial charge is 0.493 e. The van der Waals surface area contributed by atoms with Crippen LogP contribution in [-0.2, 0) is 16.6 Å². The lowest BCUT2D eigenvalue weighted by atomic mass is 10.1. The molecule has 1 saturated heterocycles. The maximum Gasteiger partial charge on any atom is 0.243 e. The molecule has 0 amide bonds. The van der Waals surface area contributed by atoms with Gasteiger partial charge in [-0.2, -0.15) is 4.31 Å². The van der Waals surface area contributed by atoms with Crippen molar-refractivity contribution in [3.05, 3.63) is 54.4 Å². The summed E-state index contributed by atoms with van der Waals surface area (Å²) in [5.74, 6) is 2.23. The van der Waals surface area contributed by atoms with E-state index < -0.39 is 10.0 Å². The molecule has 41 heavy (non-hydrogen) atoms. The van der Waals surface area contributed by atoms with Gasteiger partial charge in [-0.25, -0.2) is 8.42 Å². The summed E-state index contributed by atoms with van der Waals surface area (Å²) < 4.78 is 45.8. The van der Waals surface area contributed by atoms with Crippen LogP contribution in [0, 0.1) is 5.92 Å². The minimum Gasteiger partial charge on any atom is -0.493 e. The number of benzene rings is 2. The summed E-state index contributed by atoms with van der Waals surface area (Å²) in [6, 6.07) is 11.2. The van der Waals surface area contributed by atoms with Crippen molar-refractivity contribution in [1.29, 1.82) is 0 Å². The molecule has 0 N–H and O–H groups in total. The zero-order chi connectivity index (χ0) is 29.4. The lowest BCUT2D eigenvalue weighted by molar-refractivity contribution is 0.124. The van der Waals surface area contributed by atoms with Gasteiger partial charge < -0.3 is 19.1 Å². The van der Waals surface area contributed by atoms with E-state index in [1.54, 1.807) is 56.2 Å². The van der Waals surface area contributed by atoms with E-state index >= 15 is 0 Å². The molecule has 0 atom stereocenters. The summed E-state index contributed by atoms with van der Waals surface area (Å²) in [6.45, 7) is 10.8. The molecule has 10 heteroatoms. The minimum absolute atomic E-state index is 0.235. The molecule has 3 aromatic rings. The normalized spacial score (nSPS) is 15.1. The number of hydrogen-bond acceptors (Lipinski definition) is 8. The molecule has 1 fully saturated rings. The quantitative estimate of drug-likeness (QED) is 0.256. The summed E-state index contributed by atoms with van der Waals surface area (Å²) in [6.07, 6.45) is 5.14. The maximum absolute atomic E-state index is 13.8. The van der Waals surface area contributed by atoms with Crippen molar-refractivity contribution in [2.75, 3.05) is 67.1 Å². The number of piperazine rings is 1. The van der Waals surface area contributed by atoms with Gasteiger partial charge in [0, 0.05) is 74.5 Å². The highest BCUT2D eigenvalue weighted by Crippen LogP contribution is 2.40. The second-order valence-electron chi connectivity index (χ2n) is 10.9. The molecular weight excluding hydrogens is 540 g/mol. The molecule has 4 rings (SSSR count). The molecule has 2 heterocycles. The third kappa shape index (κ3) is 7.48. The Bertz CT molecular complexity index is 1390. The summed E-state index contributed by atoms with van der Waals surface area (Å²) in [5.41, 5.74) is 1.08. The molecule has 0 bridgehead atoms. The van der Waals surface area contributed by atoms with Crippen molar-refractivity contribution in [2.45, 2.75) is 38.1 Å². The van der Waals surface area contributed by atoms with Gasteiger partial charge in [-0.15, -0.1) is 0 Å². The number of fused-ring (bicyclic) bond motifs is 1. The van der Waals surface area contributed by atoms with Crippen LogP contribution in [0.1, 0.15) is 32.3 Å². The standard InChI is InChI=1S/C31H44N4O5S/c1-24(2)22-35(41(36,37)29-10-8-9-25-21-32-14-13-27(25)29)16-7-6-15-33-17-19-34(20-18-33)23-26-11-12-28(38-3)31(40-5)30(26)39-4/h8-14,21,24H,6-7,15-20,22-23H2,1-5H3. The average molecular weight is 585 g/mol. The topological polar surface area (TPSA) is 84.4 Å². The number of hydrogen-bond donors (Lipinski definition) is 0. The molecule has 0 spiro atoms. The molecule has 1 aliphatic rings. The van der Waals surface area contributed by atoms with Crippen LogP contribution in [0.25, 0.3) is 10.8 Å². The molecule has 0 aliphatic carbocycles. The summed E-state index contributed by atoms with van der Waals surface area (Å²) in [5, 5.41) is 1.56. The van der Waals surface area contributed by atoms with E-state index in [4.69, 9.17) is 14.2 Å². The highest BCUT2D eigenvalue weighted by Gasteiger charge is 2.27. The Kier molecular flexibility index (Phi) is 10.8. The third-order valence-corrected chi connectivity index (χ3v) is 9.53. The lowest BCUT2D eigenvalue weighted by Gasteiger charge is -2.35. The van der Waals surface area contributed by atoms with Crippen molar-refractivity contribution < 1.29 is 22.6 Å². The average Bonchev–Trinajstić information content (AvgIpc) is 2.98. The van der Waals surface area contributed by atoms with Gasteiger partial charge in [0.2, 0.25) is 15.8 Å². The van der Waals surface area contributed by atoms with Crippen molar-refractivity contribution in [3.63, 3.8) is 0 Å². The molecule has 0 saturated carbocycles. The number of pyridine rings is 1. The Labute approximate surface area is 245 Å². The first kappa shape index (κ1) is 31.0. The molecule has 1 aliphatic heterocycles. The molecular formula is C31H44N4O5S. The Morgan fingerprint density at radius 3 is 2.32 bits per heavy atom. The maximum atomic E-state index is 13.8. The zero-order valence-corrected chi connectivity index (χ0v) is 25.8. The van der Waals surface area contributed by atoms with Crippen molar-refractivity contribution in [1.82, 2.24) is 19.1 Å². The Morgan fingerprint density at radius 2 is 1.63 bits per heavy atom. The van der Waals surface area contributed by atoms with Crippen LogP contribution in [0.4, 0.5) is 0 Å². The van der Waals surface area contributed by atoms with Crippen LogP contribution in [0.5, 0.6) is 17.2 Å². The Balaban J connectivity index is 1.30. The van der Waals surface area contributed by atoms with Gasteiger partial charge in [0.05, 0.1) is 26.2 Å². The monoisotopic (exact) mass is 584 g/mol. The number of aromatic nitrogens is 1. The van der Waals surface area contributed by atoms with Gasteiger partial charge >= 0.3 is 0 Å². The second-order valence-corrected chi connectivity index (χ2v) is 12.8. The molecule has 0 unspecified atom stereocenters. The Morgan fingerprint density at radius 1 is 0.902 bits per heavy atom. The first-order valence-corrected chi connectivity index (χ1v) is 15.8. The van der Waals surface area contributed by atoms with E-state index in [1.807, 2.05) is 18.2 Å². The van der Waals surface area contributed by atoms with Gasteiger partial charge in [-0.3, -0.25) is 9.88 Å². The second kappa shape index (κ2) is 14.3.